The monoisotopic (exact) mass is 404 g/mol. The second-order valence-corrected chi connectivity index (χ2v) is 7.64. The number of rotatable bonds is 7. The van der Waals surface area contributed by atoms with Gasteiger partial charge in [0.15, 0.2) is 0 Å². The first-order valence-corrected chi connectivity index (χ1v) is 10.6. The highest BCUT2D eigenvalue weighted by Crippen LogP contribution is 2.37. The molecule has 0 spiro atoms. The van der Waals surface area contributed by atoms with Crippen LogP contribution in [0.3, 0.4) is 0 Å². The summed E-state index contributed by atoms with van der Waals surface area (Å²) in [6.45, 7) is 1.41. The third-order valence-corrected chi connectivity index (χ3v) is 5.42. The molecule has 1 heterocycles. The van der Waals surface area contributed by atoms with Crippen LogP contribution < -0.4 is 4.74 Å². The van der Waals surface area contributed by atoms with Gasteiger partial charge in [0.1, 0.15) is 18.5 Å². The molecule has 1 saturated heterocycles. The highest BCUT2D eigenvalue weighted by atomic mass is 16.6. The summed E-state index contributed by atoms with van der Waals surface area (Å²) in [5.41, 5.74) is 7.15. The zero-order valence-electron chi connectivity index (χ0n) is 17.3. The zero-order chi connectivity index (χ0) is 20.9. The van der Waals surface area contributed by atoms with Crippen molar-refractivity contribution >= 4 is 11.1 Å². The Morgan fingerprint density at radius 3 is 1.35 bits per heavy atom. The van der Waals surface area contributed by atoms with Crippen LogP contribution in [0.2, 0.25) is 0 Å². The van der Waals surface area contributed by atoms with Gasteiger partial charge in [0.05, 0.1) is 6.61 Å². The van der Waals surface area contributed by atoms with Gasteiger partial charge in [0.25, 0.3) is 0 Å². The third-order valence-electron chi connectivity index (χ3n) is 5.42. The van der Waals surface area contributed by atoms with Gasteiger partial charge in [-0.2, -0.15) is 0 Å². The molecule has 0 aromatic heterocycles. The molecule has 4 aromatic carbocycles. The quantitative estimate of drug-likeness (QED) is 0.260. The fourth-order valence-corrected chi connectivity index (χ4v) is 3.80. The first-order valence-electron chi connectivity index (χ1n) is 10.6. The molecular weight excluding hydrogens is 380 g/mol. The summed E-state index contributed by atoms with van der Waals surface area (Å²) in [5.74, 6) is 0.868. The van der Waals surface area contributed by atoms with Crippen molar-refractivity contribution in [1.29, 1.82) is 0 Å². The number of benzene rings is 4. The van der Waals surface area contributed by atoms with E-state index in [9.17, 15) is 0 Å². The minimum Gasteiger partial charge on any atom is -0.491 e. The van der Waals surface area contributed by atoms with Gasteiger partial charge in [0.2, 0.25) is 0 Å². The van der Waals surface area contributed by atoms with E-state index in [1.807, 2.05) is 12.1 Å². The maximum atomic E-state index is 5.86. The smallest absolute Gasteiger partial charge is 0.119 e. The van der Waals surface area contributed by atoms with Crippen LogP contribution in [0.25, 0.3) is 11.1 Å². The van der Waals surface area contributed by atoms with Crippen LogP contribution >= 0.6 is 0 Å². The minimum absolute atomic E-state index is 0.252. The van der Waals surface area contributed by atoms with Crippen molar-refractivity contribution in [2.75, 3.05) is 13.2 Å². The molecular formula is C29H24O2. The van der Waals surface area contributed by atoms with Gasteiger partial charge in [-0.3, -0.25) is 0 Å². The lowest BCUT2D eigenvalue weighted by Gasteiger charge is -2.18. The first-order chi connectivity index (χ1) is 15.4. The van der Waals surface area contributed by atoms with Crippen molar-refractivity contribution in [3.8, 4) is 5.75 Å². The van der Waals surface area contributed by atoms with Crippen molar-refractivity contribution < 1.29 is 9.47 Å². The number of hydrogen-bond acceptors (Lipinski definition) is 2. The van der Waals surface area contributed by atoms with Gasteiger partial charge >= 0.3 is 0 Å². The summed E-state index contributed by atoms with van der Waals surface area (Å²) in [6, 6.07) is 40.2. The van der Waals surface area contributed by atoms with Crippen LogP contribution in [0.15, 0.2) is 115 Å². The molecule has 2 heteroatoms. The first kappa shape index (κ1) is 19.3. The van der Waals surface area contributed by atoms with Crippen LogP contribution in [-0.2, 0) is 4.74 Å². The molecule has 4 aromatic rings. The van der Waals surface area contributed by atoms with Gasteiger partial charge in [-0.15, -0.1) is 0 Å². The Morgan fingerprint density at radius 2 is 0.968 bits per heavy atom. The molecule has 5 rings (SSSR count). The predicted molar refractivity (Wildman–Crippen MR) is 126 cm³/mol. The lowest BCUT2D eigenvalue weighted by atomic mass is 9.86. The summed E-state index contributed by atoms with van der Waals surface area (Å²) in [5, 5.41) is 0. The number of ether oxygens (including phenoxy) is 2. The van der Waals surface area contributed by atoms with E-state index in [-0.39, 0.29) is 6.10 Å². The molecule has 1 unspecified atom stereocenters. The molecule has 0 amide bonds. The average Bonchev–Trinajstić information content (AvgIpc) is 3.68. The summed E-state index contributed by atoms with van der Waals surface area (Å²) in [4.78, 5) is 0. The molecule has 0 aliphatic carbocycles. The summed E-state index contributed by atoms with van der Waals surface area (Å²) >= 11 is 0. The van der Waals surface area contributed by atoms with Crippen LogP contribution in [-0.4, -0.2) is 19.3 Å². The molecule has 152 valence electrons. The number of hydrogen-bond donors (Lipinski definition) is 0. The topological polar surface area (TPSA) is 21.8 Å². The summed E-state index contributed by atoms with van der Waals surface area (Å²) < 4.78 is 11.1. The van der Waals surface area contributed by atoms with Crippen molar-refractivity contribution in [1.82, 2.24) is 0 Å². The molecule has 31 heavy (non-hydrogen) atoms. The maximum Gasteiger partial charge on any atom is 0.119 e. The fourth-order valence-electron chi connectivity index (χ4n) is 3.80. The number of epoxide rings is 1. The molecule has 0 radical (unpaired) electrons. The predicted octanol–water partition coefficient (Wildman–Crippen LogP) is 6.47. The van der Waals surface area contributed by atoms with E-state index in [4.69, 9.17) is 9.47 Å². The van der Waals surface area contributed by atoms with E-state index in [1.54, 1.807) is 0 Å². The van der Waals surface area contributed by atoms with E-state index >= 15 is 0 Å². The van der Waals surface area contributed by atoms with Crippen LogP contribution in [0.1, 0.15) is 22.3 Å². The molecule has 1 atom stereocenters. The Hall–Kier alpha value is -3.62. The third kappa shape index (κ3) is 4.60. The van der Waals surface area contributed by atoms with E-state index in [0.717, 1.165) is 17.9 Å². The molecule has 1 fully saturated rings. The molecule has 1 aliphatic heterocycles. The van der Waals surface area contributed by atoms with Crippen molar-refractivity contribution in [2.24, 2.45) is 0 Å². The standard InChI is InChI=1S/C29H24O2/c1-4-10-22(11-5-1)28(23-12-6-2-7-13-23)29(24-14-8-3-9-15-24)25-16-18-26(19-17-25)30-20-27-21-31-27/h1-19,27H,20-21H2. The maximum absolute atomic E-state index is 5.86. The second-order valence-electron chi connectivity index (χ2n) is 7.64. The zero-order valence-corrected chi connectivity index (χ0v) is 17.3. The van der Waals surface area contributed by atoms with Crippen LogP contribution in [0.4, 0.5) is 0 Å². The van der Waals surface area contributed by atoms with E-state index in [2.05, 4.69) is 103 Å². The van der Waals surface area contributed by atoms with Gasteiger partial charge in [-0.05, 0) is 45.5 Å². The Balaban J connectivity index is 1.67. The Bertz CT molecular complexity index is 1100. The molecule has 0 bridgehead atoms. The molecule has 1 aliphatic rings. The van der Waals surface area contributed by atoms with Crippen LogP contribution in [0, 0.1) is 0 Å². The van der Waals surface area contributed by atoms with Gasteiger partial charge in [-0.1, -0.05) is 103 Å². The Morgan fingerprint density at radius 1 is 0.581 bits per heavy atom. The average molecular weight is 405 g/mol. The summed E-state index contributed by atoms with van der Waals surface area (Å²) in [6.07, 6.45) is 0.252. The van der Waals surface area contributed by atoms with E-state index in [1.165, 1.54) is 27.8 Å². The lowest BCUT2D eigenvalue weighted by Crippen LogP contribution is -2.04. The SMILES string of the molecule is c1ccc(C(=C(c2ccccc2)c2ccc(OCC3CO3)cc2)c2ccccc2)cc1. The molecule has 2 nitrogen and oxygen atoms in total. The fraction of sp³-hybridized carbons (Fsp3) is 0.103. The van der Waals surface area contributed by atoms with Crippen LogP contribution in [0.5, 0.6) is 5.75 Å². The van der Waals surface area contributed by atoms with Gasteiger partial charge in [0, 0.05) is 0 Å². The highest BCUT2D eigenvalue weighted by Gasteiger charge is 2.23. The summed E-state index contributed by atoms with van der Waals surface area (Å²) in [7, 11) is 0. The normalized spacial score (nSPS) is 14.6. The largest absolute Gasteiger partial charge is 0.491 e. The molecule has 0 N–H and O–H groups in total. The second kappa shape index (κ2) is 9.03. The lowest BCUT2D eigenvalue weighted by molar-refractivity contribution is 0.263. The van der Waals surface area contributed by atoms with Gasteiger partial charge in [-0.25, -0.2) is 0 Å². The van der Waals surface area contributed by atoms with Gasteiger partial charge < -0.3 is 9.47 Å². The minimum atomic E-state index is 0.252. The highest BCUT2D eigenvalue weighted by molar-refractivity contribution is 6.04. The van der Waals surface area contributed by atoms with Crippen molar-refractivity contribution in [3.63, 3.8) is 0 Å². The Kier molecular flexibility index (Phi) is 5.64. The van der Waals surface area contributed by atoms with Crippen molar-refractivity contribution in [2.45, 2.75) is 6.10 Å². The van der Waals surface area contributed by atoms with E-state index < -0.39 is 0 Å². The Labute approximate surface area is 183 Å². The molecule has 0 saturated carbocycles. The van der Waals surface area contributed by atoms with Crippen molar-refractivity contribution in [3.05, 3.63) is 138 Å². The van der Waals surface area contributed by atoms with E-state index in [0.29, 0.717) is 6.61 Å².